The van der Waals surface area contributed by atoms with Crippen molar-refractivity contribution in [3.63, 3.8) is 0 Å². The van der Waals surface area contributed by atoms with Crippen LogP contribution in [-0.4, -0.2) is 38.0 Å². The topological polar surface area (TPSA) is 109 Å². The van der Waals surface area contributed by atoms with E-state index in [1.54, 1.807) is 0 Å². The van der Waals surface area contributed by atoms with E-state index in [4.69, 9.17) is 26.7 Å². The molecule has 0 fully saturated rings. The monoisotopic (exact) mass is 288 g/mol. The summed E-state index contributed by atoms with van der Waals surface area (Å²) in [6, 6.07) is -0.141. The quantitative estimate of drug-likeness (QED) is 0.205. The zero-order valence-electron chi connectivity index (χ0n) is 13.0. The molecule has 0 saturated heterocycles. The molecule has 120 valence electrons. The number of guanidine groups is 1. The Morgan fingerprint density at radius 3 is 2.00 bits per heavy atom. The highest BCUT2D eigenvalue weighted by Crippen LogP contribution is 2.08. The summed E-state index contributed by atoms with van der Waals surface area (Å²) < 4.78 is 11.5. The summed E-state index contributed by atoms with van der Waals surface area (Å²) in [5, 5.41) is 0. The molecule has 0 amide bonds. The van der Waals surface area contributed by atoms with Gasteiger partial charge in [-0.05, 0) is 25.7 Å². The molecule has 0 aliphatic rings. The number of hydrogen-bond donors (Lipinski definition) is 3. The van der Waals surface area contributed by atoms with Gasteiger partial charge >= 0.3 is 0 Å². The van der Waals surface area contributed by atoms with Crippen LogP contribution in [0.15, 0.2) is 4.99 Å². The number of nitrogens with two attached hydrogens (primary N) is 3. The van der Waals surface area contributed by atoms with Gasteiger partial charge in [0.2, 0.25) is 0 Å². The van der Waals surface area contributed by atoms with Gasteiger partial charge in [0.05, 0.1) is 6.04 Å². The zero-order valence-corrected chi connectivity index (χ0v) is 13.0. The molecule has 6 N–H and O–H groups in total. The number of rotatable bonds is 13. The average molecular weight is 288 g/mol. The number of unbranched alkanes of at least 4 members (excludes halogenated alkanes) is 2. The lowest BCUT2D eigenvalue weighted by Crippen LogP contribution is -2.39. The lowest BCUT2D eigenvalue weighted by atomic mass is 10.1. The largest absolute Gasteiger partial charge is 0.370 e. The first-order chi connectivity index (χ1) is 9.61. The van der Waals surface area contributed by atoms with Crippen molar-refractivity contribution >= 4 is 5.96 Å². The summed E-state index contributed by atoms with van der Waals surface area (Å²) in [6.45, 7) is 6.23. The van der Waals surface area contributed by atoms with Crippen LogP contribution in [0, 0.1) is 0 Å². The average Bonchev–Trinajstić information content (AvgIpc) is 2.42. The van der Waals surface area contributed by atoms with Crippen molar-refractivity contribution in [2.24, 2.45) is 22.2 Å². The van der Waals surface area contributed by atoms with Crippen LogP contribution in [0.25, 0.3) is 0 Å². The second kappa shape index (κ2) is 13.1. The molecule has 0 saturated carbocycles. The first-order valence-corrected chi connectivity index (χ1v) is 7.66. The van der Waals surface area contributed by atoms with Crippen molar-refractivity contribution in [1.29, 1.82) is 0 Å². The minimum Gasteiger partial charge on any atom is -0.370 e. The predicted molar refractivity (Wildman–Crippen MR) is 83.4 cm³/mol. The lowest BCUT2D eigenvalue weighted by molar-refractivity contribution is -0.156. The maximum atomic E-state index is 6.14. The van der Waals surface area contributed by atoms with Crippen molar-refractivity contribution in [2.75, 3.05) is 19.8 Å². The standard InChI is InChI=1S/C14H32N4O2/c1-3-5-10-19-13(20-11-6-4-2)12(15)8-7-9-18-14(16)17/h12-13H,3-11,15H2,1-2H3,(H4,16,17,18). The third-order valence-electron chi connectivity index (χ3n) is 2.90. The van der Waals surface area contributed by atoms with Gasteiger partial charge in [0, 0.05) is 19.8 Å². The third-order valence-corrected chi connectivity index (χ3v) is 2.90. The Bertz CT molecular complexity index is 235. The van der Waals surface area contributed by atoms with E-state index >= 15 is 0 Å². The highest BCUT2D eigenvalue weighted by Gasteiger charge is 2.18. The molecule has 1 atom stereocenters. The van der Waals surface area contributed by atoms with Crippen molar-refractivity contribution in [2.45, 2.75) is 64.7 Å². The molecule has 0 bridgehead atoms. The molecule has 0 aliphatic carbocycles. The lowest BCUT2D eigenvalue weighted by Gasteiger charge is -2.24. The van der Waals surface area contributed by atoms with Gasteiger partial charge in [0.25, 0.3) is 0 Å². The molecule has 20 heavy (non-hydrogen) atoms. The van der Waals surface area contributed by atoms with Gasteiger partial charge in [0.1, 0.15) is 0 Å². The molecule has 6 nitrogen and oxygen atoms in total. The molecule has 0 aromatic carbocycles. The fourth-order valence-corrected chi connectivity index (χ4v) is 1.65. The summed E-state index contributed by atoms with van der Waals surface area (Å²) in [5.74, 6) is 0.119. The summed E-state index contributed by atoms with van der Waals surface area (Å²) in [7, 11) is 0. The molecule has 0 aliphatic heterocycles. The van der Waals surface area contributed by atoms with E-state index in [9.17, 15) is 0 Å². The van der Waals surface area contributed by atoms with Crippen molar-refractivity contribution in [3.8, 4) is 0 Å². The predicted octanol–water partition coefficient (Wildman–Crippen LogP) is 1.33. The summed E-state index contributed by atoms with van der Waals surface area (Å²) >= 11 is 0. The van der Waals surface area contributed by atoms with Crippen LogP contribution in [0.1, 0.15) is 52.4 Å². The summed E-state index contributed by atoms with van der Waals surface area (Å²) in [4.78, 5) is 3.94. The van der Waals surface area contributed by atoms with Crippen LogP contribution in [0.3, 0.4) is 0 Å². The van der Waals surface area contributed by atoms with E-state index < -0.39 is 0 Å². The summed E-state index contributed by atoms with van der Waals surface area (Å²) in [5.41, 5.74) is 16.7. The molecule has 0 radical (unpaired) electrons. The number of ether oxygens (including phenoxy) is 2. The Morgan fingerprint density at radius 2 is 1.55 bits per heavy atom. The molecular weight excluding hydrogens is 256 g/mol. The van der Waals surface area contributed by atoms with E-state index in [1.807, 2.05) is 0 Å². The van der Waals surface area contributed by atoms with Crippen LogP contribution >= 0.6 is 0 Å². The number of aliphatic imine (C=N–C) groups is 1. The Morgan fingerprint density at radius 1 is 1.00 bits per heavy atom. The second-order valence-corrected chi connectivity index (χ2v) is 4.93. The van der Waals surface area contributed by atoms with E-state index in [0.717, 1.165) is 38.5 Å². The van der Waals surface area contributed by atoms with Gasteiger partial charge in [-0.25, -0.2) is 0 Å². The van der Waals surface area contributed by atoms with E-state index in [0.29, 0.717) is 19.8 Å². The Hall–Kier alpha value is -0.850. The van der Waals surface area contributed by atoms with Crippen LogP contribution in [-0.2, 0) is 9.47 Å². The van der Waals surface area contributed by atoms with E-state index in [1.165, 1.54) is 0 Å². The van der Waals surface area contributed by atoms with Gasteiger partial charge in [-0.1, -0.05) is 26.7 Å². The molecule has 0 aromatic heterocycles. The smallest absolute Gasteiger partial charge is 0.185 e. The van der Waals surface area contributed by atoms with E-state index in [2.05, 4.69) is 18.8 Å². The maximum absolute atomic E-state index is 6.14. The van der Waals surface area contributed by atoms with Gasteiger partial charge in [-0.15, -0.1) is 0 Å². The molecule has 0 aromatic rings. The van der Waals surface area contributed by atoms with Crippen LogP contribution < -0.4 is 17.2 Å². The summed E-state index contributed by atoms with van der Waals surface area (Å²) in [6.07, 6.45) is 5.52. The van der Waals surface area contributed by atoms with Gasteiger partial charge in [-0.2, -0.15) is 0 Å². The number of nitrogens with zero attached hydrogens (tertiary/aromatic N) is 1. The second-order valence-electron chi connectivity index (χ2n) is 4.93. The van der Waals surface area contributed by atoms with Gasteiger partial charge in [-0.3, -0.25) is 4.99 Å². The fraction of sp³-hybridized carbons (Fsp3) is 0.929. The molecular formula is C14H32N4O2. The Balaban J connectivity index is 4.02. The highest BCUT2D eigenvalue weighted by atomic mass is 16.7. The molecule has 1 unspecified atom stereocenters. The SMILES string of the molecule is CCCCOC(OCCCC)C(N)CCCN=C(N)N. The third kappa shape index (κ3) is 11.0. The van der Waals surface area contributed by atoms with Crippen molar-refractivity contribution in [1.82, 2.24) is 0 Å². The maximum Gasteiger partial charge on any atom is 0.185 e. The van der Waals surface area contributed by atoms with Crippen molar-refractivity contribution in [3.05, 3.63) is 0 Å². The molecule has 0 heterocycles. The minimum absolute atomic E-state index is 0.119. The van der Waals surface area contributed by atoms with Crippen LogP contribution in [0.4, 0.5) is 0 Å². The Kier molecular flexibility index (Phi) is 12.6. The molecule has 6 heteroatoms. The van der Waals surface area contributed by atoms with Gasteiger partial charge < -0.3 is 26.7 Å². The van der Waals surface area contributed by atoms with E-state index in [-0.39, 0.29) is 18.3 Å². The first-order valence-electron chi connectivity index (χ1n) is 7.66. The van der Waals surface area contributed by atoms with Crippen LogP contribution in [0.2, 0.25) is 0 Å². The highest BCUT2D eigenvalue weighted by molar-refractivity contribution is 5.75. The van der Waals surface area contributed by atoms with Gasteiger partial charge in [0.15, 0.2) is 12.2 Å². The first kappa shape index (κ1) is 19.1. The van der Waals surface area contributed by atoms with Crippen LogP contribution in [0.5, 0.6) is 0 Å². The number of hydrogen-bond acceptors (Lipinski definition) is 4. The van der Waals surface area contributed by atoms with Crippen molar-refractivity contribution < 1.29 is 9.47 Å². The molecule has 0 spiro atoms. The fourth-order valence-electron chi connectivity index (χ4n) is 1.65. The Labute approximate surface area is 123 Å². The zero-order chi connectivity index (χ0) is 15.2. The molecule has 0 rings (SSSR count). The minimum atomic E-state index is -0.327. The normalized spacial score (nSPS) is 12.6.